The minimum atomic E-state index is -4.74. The molecule has 27 heavy (non-hydrogen) atoms. The van der Waals surface area contributed by atoms with E-state index in [1.165, 1.54) is 19.2 Å². The van der Waals surface area contributed by atoms with Gasteiger partial charge in [0.05, 0.1) is 18.7 Å². The van der Waals surface area contributed by atoms with E-state index in [0.29, 0.717) is 11.3 Å². The van der Waals surface area contributed by atoms with Gasteiger partial charge in [0.1, 0.15) is 17.2 Å². The third kappa shape index (κ3) is 4.64. The highest BCUT2D eigenvalue weighted by atomic mass is 19.4. The number of phenolic OH excluding ortho intramolecular Hbond substituents is 1. The van der Waals surface area contributed by atoms with E-state index in [9.17, 15) is 18.3 Å². The summed E-state index contributed by atoms with van der Waals surface area (Å²) in [5.41, 5.74) is 1.33. The highest BCUT2D eigenvalue weighted by Gasteiger charge is 2.32. The molecule has 2 aromatic carbocycles. The molecule has 3 rings (SSSR count). The Morgan fingerprint density at radius 3 is 2.33 bits per heavy atom. The monoisotopic (exact) mass is 382 g/mol. The quantitative estimate of drug-likeness (QED) is 0.831. The molecule has 1 heterocycles. The van der Waals surface area contributed by atoms with Gasteiger partial charge in [0.2, 0.25) is 0 Å². The zero-order valence-corrected chi connectivity index (χ0v) is 14.8. The Kier molecular flexibility index (Phi) is 5.76. The molecule has 2 N–H and O–H groups in total. The van der Waals surface area contributed by atoms with Crippen LogP contribution in [-0.2, 0) is 0 Å². The van der Waals surface area contributed by atoms with Crippen molar-refractivity contribution in [3.05, 3.63) is 53.6 Å². The lowest BCUT2D eigenvalue weighted by Crippen LogP contribution is -2.45. The van der Waals surface area contributed by atoms with Crippen molar-refractivity contribution in [1.29, 1.82) is 0 Å². The van der Waals surface area contributed by atoms with Gasteiger partial charge in [-0.3, -0.25) is 4.90 Å². The Morgan fingerprint density at radius 2 is 1.74 bits per heavy atom. The number of ether oxygens (including phenoxy) is 2. The van der Waals surface area contributed by atoms with E-state index in [2.05, 4.69) is 15.0 Å². The number of halogens is 3. The van der Waals surface area contributed by atoms with Crippen LogP contribution in [0.25, 0.3) is 0 Å². The average Bonchev–Trinajstić information content (AvgIpc) is 2.64. The number of hydrogen-bond donors (Lipinski definition) is 2. The van der Waals surface area contributed by atoms with Crippen LogP contribution in [0.3, 0.4) is 0 Å². The van der Waals surface area contributed by atoms with Gasteiger partial charge in [-0.25, -0.2) is 0 Å². The lowest BCUT2D eigenvalue weighted by atomic mass is 9.94. The van der Waals surface area contributed by atoms with Crippen molar-refractivity contribution in [2.45, 2.75) is 12.4 Å². The van der Waals surface area contributed by atoms with Crippen molar-refractivity contribution in [3.8, 4) is 17.2 Å². The Bertz CT molecular complexity index is 760. The smallest absolute Gasteiger partial charge is 0.507 e. The molecule has 1 aliphatic heterocycles. The first-order valence-electron chi connectivity index (χ1n) is 8.55. The molecule has 0 unspecified atom stereocenters. The van der Waals surface area contributed by atoms with E-state index in [1.54, 1.807) is 30.3 Å². The van der Waals surface area contributed by atoms with E-state index in [4.69, 9.17) is 4.74 Å². The summed E-state index contributed by atoms with van der Waals surface area (Å²) in [5, 5.41) is 13.8. The van der Waals surface area contributed by atoms with Gasteiger partial charge in [-0.2, -0.15) is 0 Å². The molecule has 0 aromatic heterocycles. The molecule has 0 saturated carbocycles. The van der Waals surface area contributed by atoms with Gasteiger partial charge in [-0.1, -0.05) is 18.2 Å². The van der Waals surface area contributed by atoms with Crippen molar-refractivity contribution in [3.63, 3.8) is 0 Å². The van der Waals surface area contributed by atoms with Crippen LogP contribution in [0.4, 0.5) is 13.2 Å². The van der Waals surface area contributed by atoms with Crippen LogP contribution >= 0.6 is 0 Å². The summed E-state index contributed by atoms with van der Waals surface area (Å²) in [4.78, 5) is 2.16. The fourth-order valence-corrected chi connectivity index (χ4v) is 3.34. The summed E-state index contributed by atoms with van der Waals surface area (Å²) < 4.78 is 46.7. The highest BCUT2D eigenvalue weighted by molar-refractivity contribution is 5.50. The summed E-state index contributed by atoms with van der Waals surface area (Å²) in [6, 6.07) is 10.4. The minimum Gasteiger partial charge on any atom is -0.507 e. The van der Waals surface area contributed by atoms with E-state index in [1.807, 2.05) is 0 Å². The number of nitrogens with one attached hydrogen (secondary N) is 1. The third-order valence-corrected chi connectivity index (χ3v) is 4.48. The molecule has 0 amide bonds. The third-order valence-electron chi connectivity index (χ3n) is 4.48. The maximum atomic E-state index is 12.4. The fraction of sp³-hybridized carbons (Fsp3) is 0.368. The van der Waals surface area contributed by atoms with Crippen molar-refractivity contribution in [1.82, 2.24) is 10.2 Å². The molecule has 1 aliphatic rings. The van der Waals surface area contributed by atoms with Crippen LogP contribution in [0, 0.1) is 0 Å². The molecular weight excluding hydrogens is 361 g/mol. The Morgan fingerprint density at radius 1 is 1.07 bits per heavy atom. The summed E-state index contributed by atoms with van der Waals surface area (Å²) >= 11 is 0. The molecule has 0 aliphatic carbocycles. The topological polar surface area (TPSA) is 54.0 Å². The van der Waals surface area contributed by atoms with Crippen LogP contribution in [0.1, 0.15) is 17.2 Å². The average molecular weight is 382 g/mol. The first kappa shape index (κ1) is 19.3. The normalized spacial score (nSPS) is 16.7. The van der Waals surface area contributed by atoms with Crippen LogP contribution in [0.2, 0.25) is 0 Å². The van der Waals surface area contributed by atoms with Gasteiger partial charge in [0, 0.05) is 26.2 Å². The zero-order valence-electron chi connectivity index (χ0n) is 14.8. The van der Waals surface area contributed by atoms with E-state index in [0.717, 1.165) is 31.7 Å². The van der Waals surface area contributed by atoms with Gasteiger partial charge >= 0.3 is 6.36 Å². The Hall–Kier alpha value is -2.45. The molecule has 0 radical (unpaired) electrons. The number of methoxy groups -OCH3 is 1. The number of aromatic hydroxyl groups is 1. The molecule has 0 bridgehead atoms. The van der Waals surface area contributed by atoms with Gasteiger partial charge in [0.15, 0.2) is 0 Å². The summed E-state index contributed by atoms with van der Waals surface area (Å²) in [6.07, 6.45) is -4.74. The van der Waals surface area contributed by atoms with Gasteiger partial charge in [-0.05, 0) is 29.8 Å². The molecule has 1 saturated heterocycles. The summed E-state index contributed by atoms with van der Waals surface area (Å²) in [6.45, 7) is 3.01. The number of benzene rings is 2. The number of alkyl halides is 3. The molecule has 5 nitrogen and oxygen atoms in total. The number of rotatable bonds is 5. The lowest BCUT2D eigenvalue weighted by Gasteiger charge is -2.36. The fourth-order valence-electron chi connectivity index (χ4n) is 3.34. The standard InChI is InChI=1S/C19H21F3N2O3/c1-26-16-4-2-3-15(25)17(16)18(24-11-9-23-10-12-24)13-5-7-14(8-6-13)27-19(20,21)22/h2-8,18,23,25H,9-12H2,1H3/t18-/m1/s1. The highest BCUT2D eigenvalue weighted by Crippen LogP contribution is 2.41. The summed E-state index contributed by atoms with van der Waals surface area (Å²) in [5.74, 6) is 0.317. The van der Waals surface area contributed by atoms with Crippen LogP contribution in [0.5, 0.6) is 17.2 Å². The van der Waals surface area contributed by atoms with Crippen molar-refractivity contribution in [2.75, 3.05) is 33.3 Å². The second-order valence-corrected chi connectivity index (χ2v) is 6.20. The molecule has 1 atom stereocenters. The van der Waals surface area contributed by atoms with Crippen LogP contribution in [0.15, 0.2) is 42.5 Å². The van der Waals surface area contributed by atoms with Crippen molar-refractivity contribution < 1.29 is 27.8 Å². The second kappa shape index (κ2) is 8.06. The van der Waals surface area contributed by atoms with E-state index >= 15 is 0 Å². The SMILES string of the molecule is COc1cccc(O)c1[C@@H](c1ccc(OC(F)(F)F)cc1)N1CCNCC1. The molecule has 2 aromatic rings. The Balaban J connectivity index is 2.01. The zero-order chi connectivity index (χ0) is 19.4. The van der Waals surface area contributed by atoms with Gasteiger partial charge in [-0.15, -0.1) is 13.2 Å². The predicted molar refractivity (Wildman–Crippen MR) is 94.1 cm³/mol. The molecular formula is C19H21F3N2O3. The molecule has 146 valence electrons. The summed E-state index contributed by atoms with van der Waals surface area (Å²) in [7, 11) is 1.52. The number of phenols is 1. The van der Waals surface area contributed by atoms with Crippen molar-refractivity contribution in [2.24, 2.45) is 0 Å². The molecule has 1 fully saturated rings. The first-order chi connectivity index (χ1) is 12.9. The number of piperazine rings is 1. The molecule has 8 heteroatoms. The van der Waals surface area contributed by atoms with Crippen LogP contribution in [-0.4, -0.2) is 49.7 Å². The largest absolute Gasteiger partial charge is 0.573 e. The number of hydrogen-bond acceptors (Lipinski definition) is 5. The van der Waals surface area contributed by atoms with Gasteiger partial charge < -0.3 is 19.9 Å². The predicted octanol–water partition coefficient (Wildman–Crippen LogP) is 3.29. The molecule has 0 spiro atoms. The minimum absolute atomic E-state index is 0.0773. The van der Waals surface area contributed by atoms with E-state index < -0.39 is 6.36 Å². The maximum absolute atomic E-state index is 12.4. The van der Waals surface area contributed by atoms with Crippen LogP contribution < -0.4 is 14.8 Å². The second-order valence-electron chi connectivity index (χ2n) is 6.20. The Labute approximate surface area is 155 Å². The van der Waals surface area contributed by atoms with E-state index in [-0.39, 0.29) is 17.5 Å². The first-order valence-corrected chi connectivity index (χ1v) is 8.55. The van der Waals surface area contributed by atoms with Gasteiger partial charge in [0.25, 0.3) is 0 Å². The maximum Gasteiger partial charge on any atom is 0.573 e. The lowest BCUT2D eigenvalue weighted by molar-refractivity contribution is -0.274. The van der Waals surface area contributed by atoms with Crippen molar-refractivity contribution >= 4 is 0 Å². The number of nitrogens with zero attached hydrogens (tertiary/aromatic N) is 1.